The van der Waals surface area contributed by atoms with E-state index in [4.69, 9.17) is 25.2 Å². The maximum atomic E-state index is 12.1. The normalized spacial score (nSPS) is 11.2. The fraction of sp³-hybridized carbons (Fsp3) is 0.190. The molecule has 2 aromatic heterocycles. The van der Waals surface area contributed by atoms with Gasteiger partial charge in [0.2, 0.25) is 0 Å². The summed E-state index contributed by atoms with van der Waals surface area (Å²) in [5.74, 6) is 0.0630. The van der Waals surface area contributed by atoms with Gasteiger partial charge in [-0.1, -0.05) is 23.7 Å². The number of aromatic nitrogens is 1. The highest BCUT2D eigenvalue weighted by Gasteiger charge is 2.13. The maximum Gasteiger partial charge on any atom is 0.336 e. The van der Waals surface area contributed by atoms with E-state index < -0.39 is 11.6 Å². The minimum Gasteiger partial charge on any atom is -0.461 e. The summed E-state index contributed by atoms with van der Waals surface area (Å²) >= 11 is 6.17. The van der Waals surface area contributed by atoms with Crippen LogP contribution in [0.2, 0.25) is 5.02 Å². The number of oxazole rings is 1. The van der Waals surface area contributed by atoms with Gasteiger partial charge < -0.3 is 13.6 Å². The van der Waals surface area contributed by atoms with Crippen LogP contribution >= 0.6 is 11.6 Å². The number of benzene rings is 2. The lowest BCUT2D eigenvalue weighted by Crippen LogP contribution is -2.08. The van der Waals surface area contributed by atoms with Crippen molar-refractivity contribution in [1.82, 2.24) is 4.98 Å². The smallest absolute Gasteiger partial charge is 0.336 e. The Morgan fingerprint density at radius 2 is 1.96 bits per heavy atom. The largest absolute Gasteiger partial charge is 0.461 e. The molecule has 2 heterocycles. The second kappa shape index (κ2) is 7.48. The van der Waals surface area contributed by atoms with Gasteiger partial charge in [0.15, 0.2) is 11.5 Å². The number of hydrogen-bond acceptors (Lipinski definition) is 6. The van der Waals surface area contributed by atoms with Gasteiger partial charge in [0.05, 0.1) is 6.42 Å². The van der Waals surface area contributed by atoms with E-state index in [1.165, 1.54) is 6.07 Å². The second-order valence-corrected chi connectivity index (χ2v) is 6.83. The number of para-hydroxylation sites is 2. The summed E-state index contributed by atoms with van der Waals surface area (Å²) in [6.45, 7) is 1.77. The molecule has 2 aromatic carbocycles. The molecule has 0 saturated heterocycles. The van der Waals surface area contributed by atoms with Crippen LogP contribution in [0.15, 0.2) is 56.1 Å². The molecule has 0 aliphatic rings. The molecular formula is C21H16ClNO5. The first-order valence-corrected chi connectivity index (χ1v) is 9.10. The molecule has 0 amide bonds. The van der Waals surface area contributed by atoms with E-state index in [1.807, 2.05) is 31.2 Å². The quantitative estimate of drug-likeness (QED) is 0.362. The number of esters is 1. The third-order valence-electron chi connectivity index (χ3n) is 4.38. The van der Waals surface area contributed by atoms with Crippen molar-refractivity contribution < 1.29 is 18.4 Å². The Labute approximate surface area is 164 Å². The Balaban J connectivity index is 1.44. The topological polar surface area (TPSA) is 82.5 Å². The predicted molar refractivity (Wildman–Crippen MR) is 104 cm³/mol. The van der Waals surface area contributed by atoms with Gasteiger partial charge in [-0.2, -0.15) is 0 Å². The van der Waals surface area contributed by atoms with Crippen molar-refractivity contribution in [2.45, 2.75) is 26.4 Å². The zero-order valence-corrected chi connectivity index (χ0v) is 15.8. The van der Waals surface area contributed by atoms with Crippen LogP contribution in [0.5, 0.6) is 0 Å². The summed E-state index contributed by atoms with van der Waals surface area (Å²) in [7, 11) is 0. The third-order valence-corrected chi connectivity index (χ3v) is 4.79. The van der Waals surface area contributed by atoms with E-state index in [1.54, 1.807) is 12.1 Å². The summed E-state index contributed by atoms with van der Waals surface area (Å²) in [5, 5.41) is 1.19. The lowest BCUT2D eigenvalue weighted by Gasteiger charge is -2.08. The van der Waals surface area contributed by atoms with E-state index in [9.17, 15) is 9.59 Å². The van der Waals surface area contributed by atoms with E-state index >= 15 is 0 Å². The number of carbonyl (C=O) groups excluding carboxylic acids is 1. The summed E-state index contributed by atoms with van der Waals surface area (Å²) in [6.07, 6.45) is 0.447. The van der Waals surface area contributed by atoms with Crippen molar-refractivity contribution in [1.29, 1.82) is 0 Å². The van der Waals surface area contributed by atoms with Gasteiger partial charge in [-0.25, -0.2) is 9.78 Å². The summed E-state index contributed by atoms with van der Waals surface area (Å²) < 4.78 is 16.1. The molecule has 6 nitrogen and oxygen atoms in total. The Hall–Kier alpha value is -3.12. The SMILES string of the molecule is Cc1cc2oc(=O)cc(COC(=O)CCc3nc4ccccc4o3)c2cc1Cl. The van der Waals surface area contributed by atoms with Crippen LogP contribution in [-0.4, -0.2) is 11.0 Å². The third kappa shape index (κ3) is 3.77. The molecule has 0 fully saturated rings. The van der Waals surface area contributed by atoms with Crippen LogP contribution < -0.4 is 5.63 Å². The number of hydrogen-bond donors (Lipinski definition) is 0. The van der Waals surface area contributed by atoms with Crippen LogP contribution in [0.25, 0.3) is 22.1 Å². The van der Waals surface area contributed by atoms with Crippen LogP contribution in [-0.2, 0) is 22.6 Å². The lowest BCUT2D eigenvalue weighted by atomic mass is 10.1. The standard InChI is InChI=1S/C21H16ClNO5/c1-12-8-18-14(10-15(12)22)13(9-21(25)28-18)11-26-20(24)7-6-19-23-16-4-2-3-5-17(16)27-19/h2-5,8-10H,6-7,11H2,1H3. The fourth-order valence-electron chi connectivity index (χ4n) is 2.93. The lowest BCUT2D eigenvalue weighted by molar-refractivity contribution is -0.144. The molecule has 0 bridgehead atoms. The van der Waals surface area contributed by atoms with E-state index in [0.717, 1.165) is 11.1 Å². The van der Waals surface area contributed by atoms with Gasteiger partial charge in [-0.3, -0.25) is 4.79 Å². The highest BCUT2D eigenvalue weighted by atomic mass is 35.5. The summed E-state index contributed by atoms with van der Waals surface area (Å²) in [4.78, 5) is 28.2. The van der Waals surface area contributed by atoms with Crippen molar-refractivity contribution >= 4 is 39.6 Å². The summed E-state index contributed by atoms with van der Waals surface area (Å²) in [6, 6.07) is 12.1. The highest BCUT2D eigenvalue weighted by molar-refractivity contribution is 6.32. The average molecular weight is 398 g/mol. The number of fused-ring (bicyclic) bond motifs is 2. The van der Waals surface area contributed by atoms with Gasteiger partial charge in [0.25, 0.3) is 0 Å². The molecule has 0 spiro atoms. The zero-order valence-electron chi connectivity index (χ0n) is 15.0. The molecule has 0 unspecified atom stereocenters. The first kappa shape index (κ1) is 18.3. The Morgan fingerprint density at radius 1 is 1.14 bits per heavy atom. The molecule has 142 valence electrons. The number of ether oxygens (including phenoxy) is 1. The molecule has 28 heavy (non-hydrogen) atoms. The molecule has 4 aromatic rings. The minimum absolute atomic E-state index is 0.0477. The zero-order chi connectivity index (χ0) is 19.7. The van der Waals surface area contributed by atoms with Crippen molar-refractivity contribution in [2.75, 3.05) is 0 Å². The molecule has 0 aliphatic heterocycles. The van der Waals surface area contributed by atoms with E-state index in [2.05, 4.69) is 4.98 Å². The van der Waals surface area contributed by atoms with Gasteiger partial charge >= 0.3 is 11.6 Å². The molecule has 0 aliphatic carbocycles. The monoisotopic (exact) mass is 397 g/mol. The molecule has 4 rings (SSSR count). The van der Waals surface area contributed by atoms with E-state index in [-0.39, 0.29) is 13.0 Å². The molecule has 0 radical (unpaired) electrons. The molecule has 0 N–H and O–H groups in total. The van der Waals surface area contributed by atoms with E-state index in [0.29, 0.717) is 39.4 Å². The number of rotatable bonds is 5. The number of carbonyl (C=O) groups is 1. The molecule has 0 saturated carbocycles. The van der Waals surface area contributed by atoms with Gasteiger partial charge in [0, 0.05) is 28.5 Å². The van der Waals surface area contributed by atoms with Crippen LogP contribution in [0.4, 0.5) is 0 Å². The first-order chi connectivity index (χ1) is 13.5. The number of aryl methyl sites for hydroxylation is 2. The first-order valence-electron chi connectivity index (χ1n) is 8.72. The summed E-state index contributed by atoms with van der Waals surface area (Å²) in [5.41, 5.74) is 2.67. The number of nitrogens with zero attached hydrogens (tertiary/aromatic N) is 1. The van der Waals surface area contributed by atoms with Gasteiger partial charge in [-0.15, -0.1) is 0 Å². The highest BCUT2D eigenvalue weighted by Crippen LogP contribution is 2.25. The van der Waals surface area contributed by atoms with Crippen molar-refractivity contribution in [2.24, 2.45) is 0 Å². The minimum atomic E-state index is -0.508. The predicted octanol–water partition coefficient (Wildman–Crippen LogP) is 4.57. The molecule has 7 heteroatoms. The van der Waals surface area contributed by atoms with Crippen LogP contribution in [0.1, 0.15) is 23.4 Å². The van der Waals surface area contributed by atoms with Crippen molar-refractivity contribution in [3.8, 4) is 0 Å². The van der Waals surface area contributed by atoms with Crippen LogP contribution in [0, 0.1) is 6.92 Å². The van der Waals surface area contributed by atoms with Gasteiger partial charge in [-0.05, 0) is 36.8 Å². The fourth-order valence-corrected chi connectivity index (χ4v) is 3.10. The van der Waals surface area contributed by atoms with Crippen molar-refractivity contribution in [3.63, 3.8) is 0 Å². The number of halogens is 1. The Bertz CT molecular complexity index is 1210. The Kier molecular flexibility index (Phi) is 4.88. The maximum absolute atomic E-state index is 12.1. The Morgan fingerprint density at radius 3 is 2.79 bits per heavy atom. The molecule has 0 atom stereocenters. The van der Waals surface area contributed by atoms with Crippen molar-refractivity contribution in [3.05, 3.63) is 74.9 Å². The van der Waals surface area contributed by atoms with Gasteiger partial charge in [0.1, 0.15) is 17.7 Å². The molecular weight excluding hydrogens is 382 g/mol. The average Bonchev–Trinajstić information content (AvgIpc) is 3.09. The van der Waals surface area contributed by atoms with Crippen LogP contribution in [0.3, 0.4) is 0 Å². The second-order valence-electron chi connectivity index (χ2n) is 6.42.